The van der Waals surface area contributed by atoms with Gasteiger partial charge in [-0.3, -0.25) is 9.59 Å². The molecule has 0 aliphatic heterocycles. The molecule has 0 unspecified atom stereocenters. The van der Waals surface area contributed by atoms with Crippen molar-refractivity contribution in [1.82, 2.24) is 0 Å². The summed E-state index contributed by atoms with van der Waals surface area (Å²) in [5.74, 6) is 1.03. The predicted octanol–water partition coefficient (Wildman–Crippen LogP) is 3.06. The molecule has 4 rings (SSSR count). The SMILES string of the molecule is CC(=O)[C@@]1(O)CC[C@H]2[C@@H]3C[C@H](C)C4=CC(=O)CC[C@]4(C)[C@H]3[C@H](O)C[C@@]21C. The predicted molar refractivity (Wildman–Crippen MR) is 98.3 cm³/mol. The van der Waals surface area contributed by atoms with Gasteiger partial charge in [0, 0.05) is 11.8 Å². The van der Waals surface area contributed by atoms with Gasteiger partial charge in [0.1, 0.15) is 5.60 Å². The number of hydrogen-bond donors (Lipinski definition) is 2. The highest BCUT2D eigenvalue weighted by atomic mass is 16.3. The molecule has 0 amide bonds. The fraction of sp³-hybridized carbons (Fsp3) is 0.818. The second-order valence-corrected chi connectivity index (χ2v) is 10.1. The lowest BCUT2D eigenvalue weighted by Gasteiger charge is -2.61. The van der Waals surface area contributed by atoms with Crippen LogP contribution in [-0.2, 0) is 9.59 Å². The number of hydrogen-bond acceptors (Lipinski definition) is 4. The van der Waals surface area contributed by atoms with Gasteiger partial charge in [0.05, 0.1) is 6.10 Å². The number of Topliss-reactive ketones (excluding diaryl/α,β-unsaturated/α-hetero) is 1. The fourth-order valence-electron chi connectivity index (χ4n) is 7.70. The van der Waals surface area contributed by atoms with Gasteiger partial charge in [-0.05, 0) is 74.2 Å². The van der Waals surface area contributed by atoms with Crippen LogP contribution >= 0.6 is 0 Å². The lowest BCUT2D eigenvalue weighted by atomic mass is 9.44. The summed E-state index contributed by atoms with van der Waals surface area (Å²) in [7, 11) is 0. The van der Waals surface area contributed by atoms with Crippen LogP contribution in [0.25, 0.3) is 0 Å². The molecule has 4 heteroatoms. The van der Waals surface area contributed by atoms with Gasteiger partial charge >= 0.3 is 0 Å². The molecule has 2 N–H and O–H groups in total. The van der Waals surface area contributed by atoms with Crippen molar-refractivity contribution in [3.8, 4) is 0 Å². The molecule has 0 spiro atoms. The molecular weight excluding hydrogens is 328 g/mol. The van der Waals surface area contributed by atoms with Crippen LogP contribution in [0.3, 0.4) is 0 Å². The van der Waals surface area contributed by atoms with E-state index in [4.69, 9.17) is 0 Å². The zero-order valence-electron chi connectivity index (χ0n) is 16.4. The van der Waals surface area contributed by atoms with Gasteiger partial charge in [0.2, 0.25) is 0 Å². The standard InChI is InChI=1S/C22H32O4/c1-12-9-15-16-6-8-22(26,13(2)23)21(16,4)11-18(25)19(15)20(3)7-5-14(24)10-17(12)20/h10,12,15-16,18-19,25-26H,5-9,11H2,1-4H3/t12-,15-,16-,18+,19+,20-,21-,22-/m0/s1. The molecule has 144 valence electrons. The summed E-state index contributed by atoms with van der Waals surface area (Å²) in [6.45, 7) is 7.94. The normalized spacial score (nSPS) is 53.4. The Hall–Kier alpha value is -1.00. The molecule has 3 saturated carbocycles. The van der Waals surface area contributed by atoms with Gasteiger partial charge in [-0.25, -0.2) is 0 Å². The van der Waals surface area contributed by atoms with Gasteiger partial charge < -0.3 is 10.2 Å². The van der Waals surface area contributed by atoms with E-state index in [-0.39, 0.29) is 28.8 Å². The van der Waals surface area contributed by atoms with Crippen LogP contribution in [0.2, 0.25) is 0 Å². The first-order chi connectivity index (χ1) is 12.0. The maximum absolute atomic E-state index is 12.3. The van der Waals surface area contributed by atoms with Crippen molar-refractivity contribution < 1.29 is 19.8 Å². The molecule has 4 aliphatic carbocycles. The van der Waals surface area contributed by atoms with E-state index in [0.29, 0.717) is 31.1 Å². The zero-order chi connectivity index (χ0) is 19.1. The Labute approximate surface area is 156 Å². The number of carbonyl (C=O) groups is 2. The van der Waals surface area contributed by atoms with Gasteiger partial charge in [-0.15, -0.1) is 0 Å². The summed E-state index contributed by atoms with van der Waals surface area (Å²) in [5.41, 5.74) is -0.792. The molecule has 0 saturated heterocycles. The lowest BCUT2D eigenvalue weighted by Crippen LogP contribution is -2.62. The Morgan fingerprint density at radius 1 is 1.27 bits per heavy atom. The first-order valence-electron chi connectivity index (χ1n) is 10.2. The number of fused-ring (bicyclic) bond motifs is 5. The Morgan fingerprint density at radius 3 is 2.62 bits per heavy atom. The Balaban J connectivity index is 1.79. The van der Waals surface area contributed by atoms with Crippen LogP contribution in [0.4, 0.5) is 0 Å². The van der Waals surface area contributed by atoms with E-state index in [9.17, 15) is 19.8 Å². The number of carbonyl (C=O) groups excluding carboxylic acids is 2. The van der Waals surface area contributed by atoms with E-state index >= 15 is 0 Å². The average Bonchev–Trinajstić information content (AvgIpc) is 2.81. The van der Waals surface area contributed by atoms with E-state index in [1.54, 1.807) is 0 Å². The van der Waals surface area contributed by atoms with Crippen LogP contribution in [0.5, 0.6) is 0 Å². The summed E-state index contributed by atoms with van der Waals surface area (Å²) < 4.78 is 0. The van der Waals surface area contributed by atoms with Crippen molar-refractivity contribution in [2.75, 3.05) is 0 Å². The van der Waals surface area contributed by atoms with Crippen LogP contribution in [0, 0.1) is 34.5 Å². The number of rotatable bonds is 1. The smallest absolute Gasteiger partial charge is 0.161 e. The minimum Gasteiger partial charge on any atom is -0.393 e. The summed E-state index contributed by atoms with van der Waals surface area (Å²) in [6.07, 6.45) is 5.44. The molecule has 8 atom stereocenters. The Bertz CT molecular complexity index is 696. The summed E-state index contributed by atoms with van der Waals surface area (Å²) in [4.78, 5) is 24.3. The average molecular weight is 360 g/mol. The van der Waals surface area contributed by atoms with Crippen molar-refractivity contribution in [3.05, 3.63) is 11.6 Å². The highest BCUT2D eigenvalue weighted by Crippen LogP contribution is 2.68. The molecule has 4 nitrogen and oxygen atoms in total. The number of allylic oxidation sites excluding steroid dienone is 1. The highest BCUT2D eigenvalue weighted by molar-refractivity contribution is 5.91. The van der Waals surface area contributed by atoms with E-state index in [1.165, 1.54) is 12.5 Å². The highest BCUT2D eigenvalue weighted by Gasteiger charge is 2.68. The molecule has 3 fully saturated rings. The van der Waals surface area contributed by atoms with Crippen LogP contribution in [0.1, 0.15) is 66.2 Å². The fourth-order valence-corrected chi connectivity index (χ4v) is 7.70. The second kappa shape index (κ2) is 5.51. The van der Waals surface area contributed by atoms with Gasteiger partial charge in [0.15, 0.2) is 11.6 Å². The molecular formula is C22H32O4. The largest absolute Gasteiger partial charge is 0.393 e. The van der Waals surface area contributed by atoms with Gasteiger partial charge in [-0.1, -0.05) is 26.3 Å². The quantitative estimate of drug-likeness (QED) is 0.754. The Kier molecular flexibility index (Phi) is 3.89. The molecule has 26 heavy (non-hydrogen) atoms. The van der Waals surface area contributed by atoms with Crippen molar-refractivity contribution in [2.24, 2.45) is 34.5 Å². The van der Waals surface area contributed by atoms with E-state index in [0.717, 1.165) is 19.3 Å². The molecule has 4 aliphatic rings. The number of aliphatic hydroxyl groups excluding tert-OH is 1. The summed E-state index contributed by atoms with van der Waals surface area (Å²) >= 11 is 0. The monoisotopic (exact) mass is 360 g/mol. The molecule has 0 heterocycles. The molecule has 0 radical (unpaired) electrons. The first kappa shape index (κ1) is 18.4. The van der Waals surface area contributed by atoms with Crippen molar-refractivity contribution in [3.63, 3.8) is 0 Å². The van der Waals surface area contributed by atoms with E-state index in [2.05, 4.69) is 13.8 Å². The molecule has 0 bridgehead atoms. The van der Waals surface area contributed by atoms with Crippen LogP contribution in [0.15, 0.2) is 11.6 Å². The summed E-state index contributed by atoms with van der Waals surface area (Å²) in [6, 6.07) is 0. The van der Waals surface area contributed by atoms with Crippen molar-refractivity contribution >= 4 is 11.6 Å². The lowest BCUT2D eigenvalue weighted by molar-refractivity contribution is -0.181. The second-order valence-electron chi connectivity index (χ2n) is 10.1. The van der Waals surface area contributed by atoms with E-state index < -0.39 is 17.1 Å². The molecule has 0 aromatic rings. The van der Waals surface area contributed by atoms with Crippen molar-refractivity contribution in [2.45, 2.75) is 77.9 Å². The zero-order valence-corrected chi connectivity index (χ0v) is 16.4. The van der Waals surface area contributed by atoms with Gasteiger partial charge in [0.25, 0.3) is 0 Å². The summed E-state index contributed by atoms with van der Waals surface area (Å²) in [5, 5.41) is 22.5. The first-order valence-corrected chi connectivity index (χ1v) is 10.2. The minimum absolute atomic E-state index is 0.116. The maximum Gasteiger partial charge on any atom is 0.161 e. The third kappa shape index (κ3) is 2.09. The van der Waals surface area contributed by atoms with Crippen LogP contribution in [-0.4, -0.2) is 33.5 Å². The third-order valence-electron chi connectivity index (χ3n) is 8.95. The Morgan fingerprint density at radius 2 is 1.96 bits per heavy atom. The van der Waals surface area contributed by atoms with Crippen molar-refractivity contribution in [1.29, 1.82) is 0 Å². The minimum atomic E-state index is -1.31. The van der Waals surface area contributed by atoms with Crippen LogP contribution < -0.4 is 0 Å². The van der Waals surface area contributed by atoms with E-state index in [1.807, 2.05) is 13.0 Å². The maximum atomic E-state index is 12.3. The molecule has 0 aromatic heterocycles. The molecule has 0 aromatic carbocycles. The topological polar surface area (TPSA) is 74.6 Å². The number of ketones is 2. The van der Waals surface area contributed by atoms with Gasteiger partial charge in [-0.2, -0.15) is 0 Å². The number of aliphatic hydroxyl groups is 2. The third-order valence-corrected chi connectivity index (χ3v) is 8.95.